The van der Waals surface area contributed by atoms with E-state index in [2.05, 4.69) is 0 Å². The summed E-state index contributed by atoms with van der Waals surface area (Å²) in [6.07, 6.45) is 1.79. The normalized spacial score (nSPS) is 24.7. The van der Waals surface area contributed by atoms with Crippen LogP contribution in [0.3, 0.4) is 0 Å². The van der Waals surface area contributed by atoms with Gasteiger partial charge in [0.1, 0.15) is 5.82 Å². The second kappa shape index (κ2) is 4.38. The van der Waals surface area contributed by atoms with E-state index >= 15 is 0 Å². The van der Waals surface area contributed by atoms with Crippen LogP contribution in [0.15, 0.2) is 18.2 Å². The number of hydrogen-bond donors (Lipinski definition) is 0. The zero-order valence-corrected chi connectivity index (χ0v) is 10.5. The quantitative estimate of drug-likeness (QED) is 0.748. The van der Waals surface area contributed by atoms with Gasteiger partial charge in [-0.3, -0.25) is 4.79 Å². The maximum Gasteiger partial charge on any atom is 0.183 e. The summed E-state index contributed by atoms with van der Waals surface area (Å²) in [5.74, 6) is 0.248. The number of carbonyl (C=O) groups excluding carboxylic acids is 1. The molecule has 0 bridgehead atoms. The van der Waals surface area contributed by atoms with E-state index < -0.39 is 10.6 Å². The molecule has 0 aliphatic carbocycles. The van der Waals surface area contributed by atoms with Crippen molar-refractivity contribution in [2.24, 2.45) is 0 Å². The number of thioether (sulfide) groups is 1. The van der Waals surface area contributed by atoms with Gasteiger partial charge in [0.25, 0.3) is 0 Å². The molecule has 4 heteroatoms. The molecule has 0 radical (unpaired) electrons. The van der Waals surface area contributed by atoms with Gasteiger partial charge in [-0.25, -0.2) is 4.39 Å². The molecule has 1 aliphatic heterocycles. The number of rotatable bonds is 2. The SMILES string of the molecule is CC1(C(=O)c2c(F)cccc2Cl)CCCS1. The lowest BCUT2D eigenvalue weighted by Gasteiger charge is -2.21. The van der Waals surface area contributed by atoms with Crippen molar-refractivity contribution in [2.75, 3.05) is 5.75 Å². The van der Waals surface area contributed by atoms with E-state index in [4.69, 9.17) is 11.6 Å². The average molecular weight is 259 g/mol. The van der Waals surface area contributed by atoms with Gasteiger partial charge >= 0.3 is 0 Å². The standard InChI is InChI=1S/C12H12ClFOS/c1-12(6-3-7-16-12)11(15)10-8(13)4-2-5-9(10)14/h2,4-5H,3,6-7H2,1H3. The third-order valence-electron chi connectivity index (χ3n) is 2.89. The molecule has 0 spiro atoms. The number of Topliss-reactive ketones (excluding diaryl/α,β-unsaturated/α-hetero) is 1. The predicted molar refractivity (Wildman–Crippen MR) is 65.8 cm³/mol. The van der Waals surface area contributed by atoms with Crippen LogP contribution in [-0.2, 0) is 0 Å². The number of hydrogen-bond acceptors (Lipinski definition) is 2. The fourth-order valence-corrected chi connectivity index (χ4v) is 3.45. The zero-order chi connectivity index (χ0) is 11.8. The maximum atomic E-state index is 13.6. The van der Waals surface area contributed by atoms with Crippen LogP contribution >= 0.6 is 23.4 Å². The van der Waals surface area contributed by atoms with Gasteiger partial charge in [-0.05, 0) is 37.7 Å². The average Bonchev–Trinajstić information content (AvgIpc) is 2.66. The molecule has 1 fully saturated rings. The van der Waals surface area contributed by atoms with Crippen molar-refractivity contribution in [3.63, 3.8) is 0 Å². The number of benzene rings is 1. The van der Waals surface area contributed by atoms with Gasteiger partial charge in [0.05, 0.1) is 15.3 Å². The number of carbonyl (C=O) groups is 1. The molecule has 0 N–H and O–H groups in total. The van der Waals surface area contributed by atoms with E-state index in [0.29, 0.717) is 0 Å². The Morgan fingerprint density at radius 1 is 1.56 bits per heavy atom. The predicted octanol–water partition coefficient (Wildman–Crippen LogP) is 3.95. The smallest absolute Gasteiger partial charge is 0.183 e. The highest BCUT2D eigenvalue weighted by molar-refractivity contribution is 8.01. The van der Waals surface area contributed by atoms with Crippen LogP contribution < -0.4 is 0 Å². The lowest BCUT2D eigenvalue weighted by Crippen LogP contribution is -2.29. The molecular weight excluding hydrogens is 247 g/mol. The zero-order valence-electron chi connectivity index (χ0n) is 8.93. The van der Waals surface area contributed by atoms with E-state index in [1.807, 2.05) is 6.92 Å². The maximum absolute atomic E-state index is 13.6. The first-order valence-electron chi connectivity index (χ1n) is 5.17. The Balaban J connectivity index is 2.41. The summed E-state index contributed by atoms with van der Waals surface area (Å²) in [5, 5.41) is 0.207. The fourth-order valence-electron chi connectivity index (χ4n) is 1.94. The number of ketones is 1. The van der Waals surface area contributed by atoms with Crippen molar-refractivity contribution in [1.29, 1.82) is 0 Å². The monoisotopic (exact) mass is 258 g/mol. The number of halogens is 2. The van der Waals surface area contributed by atoms with E-state index in [1.54, 1.807) is 17.8 Å². The van der Waals surface area contributed by atoms with Gasteiger partial charge in [0.2, 0.25) is 0 Å². The van der Waals surface area contributed by atoms with Crippen molar-refractivity contribution >= 4 is 29.1 Å². The van der Waals surface area contributed by atoms with E-state index in [1.165, 1.54) is 12.1 Å². The lowest BCUT2D eigenvalue weighted by atomic mass is 9.94. The van der Waals surface area contributed by atoms with Gasteiger partial charge in [-0.2, -0.15) is 0 Å². The largest absolute Gasteiger partial charge is 0.292 e. The molecule has 1 aliphatic rings. The second-order valence-corrected chi connectivity index (χ2v) is 6.11. The van der Waals surface area contributed by atoms with E-state index in [0.717, 1.165) is 18.6 Å². The summed E-state index contributed by atoms with van der Waals surface area (Å²) in [7, 11) is 0. The molecule has 0 aromatic heterocycles. The van der Waals surface area contributed by atoms with Crippen molar-refractivity contribution in [3.05, 3.63) is 34.6 Å². The van der Waals surface area contributed by atoms with E-state index in [-0.39, 0.29) is 16.4 Å². The Hall–Kier alpha value is -0.540. The van der Waals surface area contributed by atoms with Crippen molar-refractivity contribution in [1.82, 2.24) is 0 Å². The minimum Gasteiger partial charge on any atom is -0.292 e. The Kier molecular flexibility index (Phi) is 3.27. The Bertz CT molecular complexity index is 407. The van der Waals surface area contributed by atoms with Crippen molar-refractivity contribution in [3.8, 4) is 0 Å². The molecule has 1 atom stereocenters. The lowest BCUT2D eigenvalue weighted by molar-refractivity contribution is 0.0945. The van der Waals surface area contributed by atoms with Gasteiger partial charge in [0.15, 0.2) is 5.78 Å². The molecule has 1 nitrogen and oxygen atoms in total. The van der Waals surface area contributed by atoms with Crippen LogP contribution in [0.2, 0.25) is 5.02 Å². The minimum atomic E-state index is -0.522. The Morgan fingerprint density at radius 3 is 2.88 bits per heavy atom. The van der Waals surface area contributed by atoms with Crippen LogP contribution in [0.4, 0.5) is 4.39 Å². The summed E-state index contributed by atoms with van der Waals surface area (Å²) >= 11 is 7.48. The molecule has 0 amide bonds. The molecule has 1 unspecified atom stereocenters. The van der Waals surface area contributed by atoms with Crippen molar-refractivity contribution < 1.29 is 9.18 Å². The van der Waals surface area contributed by atoms with Crippen molar-refractivity contribution in [2.45, 2.75) is 24.5 Å². The van der Waals surface area contributed by atoms with Crippen LogP contribution in [-0.4, -0.2) is 16.3 Å². The van der Waals surface area contributed by atoms with Crippen LogP contribution in [0, 0.1) is 5.82 Å². The first-order valence-corrected chi connectivity index (χ1v) is 6.54. The molecule has 1 saturated heterocycles. The highest BCUT2D eigenvalue weighted by Crippen LogP contribution is 2.41. The summed E-state index contributed by atoms with van der Waals surface area (Å²) in [6, 6.07) is 4.35. The molecule has 1 aromatic carbocycles. The third-order valence-corrected chi connectivity index (χ3v) is 4.72. The minimum absolute atomic E-state index is 0.0427. The highest BCUT2D eigenvalue weighted by atomic mass is 35.5. The summed E-state index contributed by atoms with van der Waals surface area (Å²) < 4.78 is 13.1. The summed E-state index contributed by atoms with van der Waals surface area (Å²) in [4.78, 5) is 12.3. The van der Waals surface area contributed by atoms with Gasteiger partial charge < -0.3 is 0 Å². The molecule has 2 rings (SSSR count). The summed E-state index contributed by atoms with van der Waals surface area (Å²) in [5.41, 5.74) is 0.0427. The third kappa shape index (κ3) is 1.98. The van der Waals surface area contributed by atoms with E-state index in [9.17, 15) is 9.18 Å². The van der Waals surface area contributed by atoms with Crippen LogP contribution in [0.5, 0.6) is 0 Å². The van der Waals surface area contributed by atoms with Gasteiger partial charge in [-0.1, -0.05) is 17.7 Å². The second-order valence-electron chi connectivity index (χ2n) is 4.11. The van der Waals surface area contributed by atoms with Gasteiger partial charge in [0, 0.05) is 0 Å². The summed E-state index contributed by atoms with van der Waals surface area (Å²) in [6.45, 7) is 1.87. The topological polar surface area (TPSA) is 17.1 Å². The van der Waals surface area contributed by atoms with Crippen LogP contribution in [0.1, 0.15) is 30.1 Å². The Morgan fingerprint density at radius 2 is 2.31 bits per heavy atom. The molecular formula is C12H12ClFOS. The first-order chi connectivity index (χ1) is 7.54. The first kappa shape index (κ1) is 11.9. The molecule has 0 saturated carbocycles. The Labute approximate surface area is 103 Å². The fraction of sp³-hybridized carbons (Fsp3) is 0.417. The molecule has 1 aromatic rings. The molecule has 16 heavy (non-hydrogen) atoms. The molecule has 86 valence electrons. The van der Waals surface area contributed by atoms with Crippen LogP contribution in [0.25, 0.3) is 0 Å². The van der Waals surface area contributed by atoms with Gasteiger partial charge in [-0.15, -0.1) is 11.8 Å². The highest BCUT2D eigenvalue weighted by Gasteiger charge is 2.39. The molecule has 1 heterocycles.